The topological polar surface area (TPSA) is 295 Å². The number of nitrogens with two attached hydrogens (primary N) is 2. The highest BCUT2D eigenvalue weighted by Gasteiger charge is 2.26. The van der Waals surface area contributed by atoms with Crippen molar-refractivity contribution in [3.63, 3.8) is 0 Å². The number of nitrogens with zero attached hydrogens (tertiary/aromatic N) is 8. The first-order chi connectivity index (χ1) is 34.3. The zero-order valence-electron chi connectivity index (χ0n) is 44.4. The molecule has 4 N–H and O–H groups in total. The molecule has 0 fully saturated rings. The van der Waals surface area contributed by atoms with Gasteiger partial charge in [-0.1, -0.05) is 107 Å². The van der Waals surface area contributed by atoms with E-state index < -0.39 is 65.1 Å². The normalized spacial score (nSPS) is 11.6. The number of hydrogen-bond donors (Lipinski definition) is 2. The molecule has 402 valence electrons. The highest BCUT2D eigenvalue weighted by Crippen LogP contribution is 2.37. The largest absolute Gasteiger partial charge is 0.867 e. The van der Waals surface area contributed by atoms with Crippen molar-refractivity contribution in [2.45, 2.75) is 158 Å². The van der Waals surface area contributed by atoms with Gasteiger partial charge < -0.3 is 30.6 Å². The van der Waals surface area contributed by atoms with Crippen LogP contribution in [0.5, 0.6) is 11.5 Å². The molecule has 3 aromatic rings. The number of benzene rings is 3. The molecular formula is C52H84N10O10. The van der Waals surface area contributed by atoms with Gasteiger partial charge in [0, 0.05) is 24.6 Å². The molecule has 72 heavy (non-hydrogen) atoms. The van der Waals surface area contributed by atoms with Crippen molar-refractivity contribution in [3.8, 4) is 11.5 Å². The summed E-state index contributed by atoms with van der Waals surface area (Å²) < 4.78 is 2.84. The molecule has 0 unspecified atom stereocenters. The fourth-order valence-electron chi connectivity index (χ4n) is 8.32. The lowest BCUT2D eigenvalue weighted by Crippen LogP contribution is -2.50. The molecule has 0 radical (unpaired) electrons. The van der Waals surface area contributed by atoms with Gasteiger partial charge in [0.05, 0.1) is 107 Å². The van der Waals surface area contributed by atoms with Crippen LogP contribution in [0.1, 0.15) is 169 Å². The molecule has 0 aliphatic heterocycles. The van der Waals surface area contributed by atoms with Crippen LogP contribution in [0.15, 0.2) is 46.4 Å². The van der Waals surface area contributed by atoms with Crippen LogP contribution in [0, 0.1) is 40.5 Å². The van der Waals surface area contributed by atoms with Crippen molar-refractivity contribution in [2.24, 2.45) is 9.98 Å². The predicted molar refractivity (Wildman–Crippen MR) is 287 cm³/mol. The molecule has 0 aliphatic carbocycles. The van der Waals surface area contributed by atoms with Crippen molar-refractivity contribution in [1.29, 1.82) is 0 Å². The maximum absolute atomic E-state index is 12.3. The van der Waals surface area contributed by atoms with E-state index >= 15 is 0 Å². The Bertz CT molecular complexity index is 2000. The highest BCUT2D eigenvalue weighted by molar-refractivity contribution is 5.93. The van der Waals surface area contributed by atoms with E-state index in [0.717, 1.165) is 30.6 Å². The minimum absolute atomic E-state index is 0.0689. The third-order valence-electron chi connectivity index (χ3n) is 12.7. The van der Waals surface area contributed by atoms with E-state index in [0.29, 0.717) is 12.1 Å². The van der Waals surface area contributed by atoms with Crippen LogP contribution in [0.4, 0.5) is 45.5 Å². The third-order valence-corrected chi connectivity index (χ3v) is 12.7. The fraction of sp³-hybridized carbons (Fsp3) is 0.615. The van der Waals surface area contributed by atoms with Crippen molar-refractivity contribution >= 4 is 57.9 Å². The molecule has 0 aliphatic rings. The first-order valence-corrected chi connectivity index (χ1v) is 26.0. The predicted octanol–water partition coefficient (Wildman–Crippen LogP) is 12.1. The number of nitro groups is 4. The van der Waals surface area contributed by atoms with Crippen LogP contribution in [-0.4, -0.2) is 93.4 Å². The number of aliphatic imine (C=N–C) groups is 2. The third kappa shape index (κ3) is 21.6. The molecule has 0 heterocycles. The number of hydrogen-bond acceptors (Lipinski definition) is 14. The smallest absolute Gasteiger partial charge is 0.276 e. The molecule has 0 atom stereocenters. The van der Waals surface area contributed by atoms with E-state index in [-0.39, 0.29) is 22.7 Å². The van der Waals surface area contributed by atoms with Crippen molar-refractivity contribution in [2.75, 3.05) is 63.8 Å². The quantitative estimate of drug-likeness (QED) is 0.0194. The summed E-state index contributed by atoms with van der Waals surface area (Å²) in [6.45, 7) is 30.0. The van der Waals surface area contributed by atoms with Gasteiger partial charge in [0.1, 0.15) is 0 Å². The van der Waals surface area contributed by atoms with Gasteiger partial charge in [0.15, 0.2) is 0 Å². The van der Waals surface area contributed by atoms with Crippen molar-refractivity contribution in [3.05, 3.63) is 88.0 Å². The van der Waals surface area contributed by atoms with E-state index in [1.165, 1.54) is 170 Å². The molecule has 3 aromatic carbocycles. The second-order valence-electron chi connectivity index (χ2n) is 18.6. The number of non-ortho nitro benzene ring substituents is 2. The van der Waals surface area contributed by atoms with Crippen LogP contribution in [0.25, 0.3) is 0 Å². The first-order valence-electron chi connectivity index (χ1n) is 26.0. The molecule has 20 heteroatoms. The van der Waals surface area contributed by atoms with E-state index in [1.54, 1.807) is 0 Å². The van der Waals surface area contributed by atoms with Gasteiger partial charge in [-0.2, -0.15) is 0 Å². The number of nitro benzene ring substituents is 4. The number of anilines is 2. The van der Waals surface area contributed by atoms with Gasteiger partial charge in [-0.25, -0.2) is 0 Å². The fourth-order valence-corrected chi connectivity index (χ4v) is 8.32. The lowest BCUT2D eigenvalue weighted by molar-refractivity contribution is -0.929. The average Bonchev–Trinajstić information content (AvgIpc) is 3.35. The van der Waals surface area contributed by atoms with Crippen LogP contribution in [0.3, 0.4) is 0 Å². The summed E-state index contributed by atoms with van der Waals surface area (Å²) >= 11 is 0. The zero-order valence-corrected chi connectivity index (χ0v) is 44.4. The van der Waals surface area contributed by atoms with Crippen LogP contribution in [0.2, 0.25) is 0 Å². The van der Waals surface area contributed by atoms with Gasteiger partial charge in [-0.15, -0.1) is 0 Å². The molecular weight excluding hydrogens is 925 g/mol. The van der Waals surface area contributed by atoms with Crippen LogP contribution < -0.4 is 21.7 Å². The Morgan fingerprint density at radius 3 is 0.875 bits per heavy atom. The van der Waals surface area contributed by atoms with Crippen LogP contribution in [-0.2, 0) is 0 Å². The minimum Gasteiger partial charge on any atom is -0.867 e. The Kier molecular flexibility index (Phi) is 30.2. The Morgan fingerprint density at radius 1 is 0.417 bits per heavy atom. The monoisotopic (exact) mass is 1010 g/mol. The Hall–Kier alpha value is -6.28. The van der Waals surface area contributed by atoms with E-state index in [2.05, 4.69) is 65.4 Å². The number of rotatable bonds is 32. The first kappa shape index (κ1) is 63.7. The number of unbranched alkanes of at least 4 members (excludes halogenated alkanes) is 8. The van der Waals surface area contributed by atoms with Crippen LogP contribution >= 0.6 is 0 Å². The minimum atomic E-state index is -1.15. The molecule has 0 saturated carbocycles. The maximum Gasteiger partial charge on any atom is 0.276 e. The van der Waals surface area contributed by atoms with Gasteiger partial charge in [-0.3, -0.25) is 50.4 Å². The Labute approximate surface area is 427 Å². The van der Waals surface area contributed by atoms with Gasteiger partial charge in [0.2, 0.25) is 0 Å². The van der Waals surface area contributed by atoms with E-state index in [1.807, 2.05) is 0 Å². The number of quaternary nitrogens is 2. The molecule has 3 rings (SSSR count). The Balaban J connectivity index is 0.000000633. The summed E-state index contributed by atoms with van der Waals surface area (Å²) in [6.07, 6.45) is 23.7. The summed E-state index contributed by atoms with van der Waals surface area (Å²) in [5.41, 5.74) is 6.81. The molecule has 0 aromatic heterocycles. The summed E-state index contributed by atoms with van der Waals surface area (Å²) in [7, 11) is 0. The second kappa shape index (κ2) is 34.2. The van der Waals surface area contributed by atoms with Gasteiger partial charge in [0.25, 0.3) is 22.7 Å². The molecule has 0 amide bonds. The van der Waals surface area contributed by atoms with E-state index in [9.17, 15) is 50.7 Å². The molecule has 0 spiro atoms. The maximum atomic E-state index is 12.3. The standard InChI is InChI=1S/C20H14N8O10.2C16H36N/c21-13-5-14(22)16(24-8-10-2-12(26(33)34)4-18(20(10)30)28(37)38)6-15(13)23-7-9-1-11(25(31)32)3-17(19(9)29)27(35)36;2*1-5-9-13-17(14-10-6-2,15-11-7-3)16-12-8-4/h1-8,29-30H,21-22H2;2*5-16H2,1-4H3/q;2*+1/p-2. The Morgan fingerprint density at radius 2 is 0.667 bits per heavy atom. The average molecular weight is 1010 g/mol. The molecule has 20 nitrogen and oxygen atoms in total. The van der Waals surface area contributed by atoms with Crippen molar-refractivity contribution in [1.82, 2.24) is 0 Å². The second-order valence-corrected chi connectivity index (χ2v) is 18.6. The summed E-state index contributed by atoms with van der Waals surface area (Å²) in [5.74, 6) is -2.29. The molecule has 0 saturated heterocycles. The SMILES string of the molecule is CCCC[N+](CCCC)(CCCC)CCCC.CCCC[N+](CCCC)(CCCC)CCCC.Nc1cc(N)c(N=Cc2cc([N+](=O)[O-])cc([N+](=O)[O-])c2[O-])cc1N=Cc1cc([N+](=O)[O-])cc([N+](=O)[O-])c1[O-]. The summed E-state index contributed by atoms with van der Waals surface area (Å²) in [6, 6.07) is 4.87. The highest BCUT2D eigenvalue weighted by atomic mass is 16.6. The number of nitrogen functional groups attached to an aromatic ring is 2. The van der Waals surface area contributed by atoms with E-state index in [4.69, 9.17) is 11.5 Å². The lowest BCUT2D eigenvalue weighted by Gasteiger charge is -2.39. The van der Waals surface area contributed by atoms with Gasteiger partial charge in [-0.05, 0) is 86.1 Å². The van der Waals surface area contributed by atoms with Crippen molar-refractivity contribution < 1.29 is 38.9 Å². The molecule has 0 bridgehead atoms. The summed E-state index contributed by atoms with van der Waals surface area (Å²) in [5, 5.41) is 68.9. The summed E-state index contributed by atoms with van der Waals surface area (Å²) in [4.78, 5) is 48.1. The van der Waals surface area contributed by atoms with Gasteiger partial charge >= 0.3 is 0 Å². The zero-order chi connectivity index (χ0) is 54.3. The lowest BCUT2D eigenvalue weighted by atomic mass is 10.1.